The molecule has 0 radical (unpaired) electrons. The fourth-order valence-corrected chi connectivity index (χ4v) is 2.47. The summed E-state index contributed by atoms with van der Waals surface area (Å²) in [6.45, 7) is 0.880. The molecule has 0 atom stereocenters. The Kier molecular flexibility index (Phi) is 5.88. The highest BCUT2D eigenvalue weighted by Crippen LogP contribution is 2.09. The number of nitrogens with one attached hydrogen (secondary N) is 2. The fourth-order valence-electron chi connectivity index (χ4n) is 2.47. The van der Waals surface area contributed by atoms with E-state index in [1.54, 1.807) is 42.7 Å². The molecular weight excluding hydrogens is 331 g/mol. The Morgan fingerprint density at radius 3 is 2.65 bits per heavy atom. The highest BCUT2D eigenvalue weighted by molar-refractivity contribution is 5.94. The molecule has 6 heteroatoms. The number of halogens is 1. The van der Waals surface area contributed by atoms with E-state index in [0.717, 1.165) is 5.69 Å². The molecule has 1 amide bonds. The van der Waals surface area contributed by atoms with Gasteiger partial charge in [0, 0.05) is 24.5 Å². The van der Waals surface area contributed by atoms with Crippen molar-refractivity contribution in [2.75, 3.05) is 11.9 Å². The molecule has 5 nitrogen and oxygen atoms in total. The molecule has 132 valence electrons. The SMILES string of the molecule is O=C(NCCc1ccccc1F)c1ccnc(NCc2ccccn2)c1. The van der Waals surface area contributed by atoms with Gasteiger partial charge in [-0.1, -0.05) is 24.3 Å². The van der Waals surface area contributed by atoms with Crippen LogP contribution in [0.3, 0.4) is 0 Å². The first-order chi connectivity index (χ1) is 12.7. The van der Waals surface area contributed by atoms with Crippen LogP contribution in [-0.2, 0) is 13.0 Å². The largest absolute Gasteiger partial charge is 0.364 e. The molecule has 0 fully saturated rings. The molecule has 0 aliphatic carbocycles. The summed E-state index contributed by atoms with van der Waals surface area (Å²) in [5.41, 5.74) is 1.96. The van der Waals surface area contributed by atoms with Crippen LogP contribution in [0, 0.1) is 5.82 Å². The van der Waals surface area contributed by atoms with E-state index in [1.165, 1.54) is 6.07 Å². The Morgan fingerprint density at radius 2 is 1.85 bits per heavy atom. The number of hydrogen-bond acceptors (Lipinski definition) is 4. The maximum atomic E-state index is 13.6. The van der Waals surface area contributed by atoms with Crippen molar-refractivity contribution in [3.63, 3.8) is 0 Å². The molecule has 0 unspecified atom stereocenters. The van der Waals surface area contributed by atoms with Gasteiger partial charge in [-0.15, -0.1) is 0 Å². The monoisotopic (exact) mass is 350 g/mol. The van der Waals surface area contributed by atoms with E-state index < -0.39 is 0 Å². The highest BCUT2D eigenvalue weighted by atomic mass is 19.1. The molecule has 0 spiro atoms. The number of benzene rings is 1. The van der Waals surface area contributed by atoms with Crippen LogP contribution < -0.4 is 10.6 Å². The van der Waals surface area contributed by atoms with E-state index in [0.29, 0.717) is 36.5 Å². The van der Waals surface area contributed by atoms with Gasteiger partial charge in [0.2, 0.25) is 0 Å². The van der Waals surface area contributed by atoms with Gasteiger partial charge in [0.05, 0.1) is 12.2 Å². The first-order valence-corrected chi connectivity index (χ1v) is 8.34. The number of hydrogen-bond donors (Lipinski definition) is 2. The van der Waals surface area contributed by atoms with Crippen LogP contribution in [0.4, 0.5) is 10.2 Å². The van der Waals surface area contributed by atoms with E-state index in [4.69, 9.17) is 0 Å². The highest BCUT2D eigenvalue weighted by Gasteiger charge is 2.07. The van der Waals surface area contributed by atoms with Crippen molar-refractivity contribution in [1.82, 2.24) is 15.3 Å². The second-order valence-corrected chi connectivity index (χ2v) is 5.70. The van der Waals surface area contributed by atoms with Gasteiger partial charge in [-0.3, -0.25) is 9.78 Å². The molecule has 0 aliphatic rings. The van der Waals surface area contributed by atoms with Crippen molar-refractivity contribution in [2.24, 2.45) is 0 Å². The molecule has 3 rings (SSSR count). The zero-order valence-electron chi connectivity index (χ0n) is 14.2. The molecule has 0 saturated heterocycles. The first kappa shape index (κ1) is 17.5. The third kappa shape index (κ3) is 4.86. The summed E-state index contributed by atoms with van der Waals surface area (Å²) in [6.07, 6.45) is 3.74. The lowest BCUT2D eigenvalue weighted by atomic mass is 10.1. The van der Waals surface area contributed by atoms with Crippen molar-refractivity contribution in [3.8, 4) is 0 Å². The van der Waals surface area contributed by atoms with Crippen LogP contribution in [0.15, 0.2) is 67.0 Å². The lowest BCUT2D eigenvalue weighted by Crippen LogP contribution is -2.26. The Morgan fingerprint density at radius 1 is 1.00 bits per heavy atom. The van der Waals surface area contributed by atoms with Crippen molar-refractivity contribution >= 4 is 11.7 Å². The van der Waals surface area contributed by atoms with Gasteiger partial charge in [0.25, 0.3) is 5.91 Å². The molecule has 2 N–H and O–H groups in total. The second kappa shape index (κ2) is 8.71. The van der Waals surface area contributed by atoms with E-state index in [1.807, 2.05) is 18.2 Å². The van der Waals surface area contributed by atoms with Gasteiger partial charge in [-0.25, -0.2) is 9.37 Å². The van der Waals surface area contributed by atoms with E-state index in [9.17, 15) is 9.18 Å². The molecule has 0 saturated carbocycles. The minimum atomic E-state index is -0.258. The number of aromatic nitrogens is 2. The van der Waals surface area contributed by atoms with E-state index in [2.05, 4.69) is 20.6 Å². The normalized spacial score (nSPS) is 10.3. The minimum absolute atomic E-state index is 0.218. The zero-order valence-corrected chi connectivity index (χ0v) is 14.2. The van der Waals surface area contributed by atoms with Crippen molar-refractivity contribution in [2.45, 2.75) is 13.0 Å². The van der Waals surface area contributed by atoms with Crippen LogP contribution in [0.5, 0.6) is 0 Å². The molecule has 26 heavy (non-hydrogen) atoms. The number of nitrogens with zero attached hydrogens (tertiary/aromatic N) is 2. The summed E-state index contributed by atoms with van der Waals surface area (Å²) in [6, 6.07) is 15.6. The number of pyridine rings is 2. The molecule has 2 aromatic heterocycles. The Bertz CT molecular complexity index is 870. The van der Waals surface area contributed by atoms with Gasteiger partial charge in [-0.05, 0) is 42.3 Å². The molecular formula is C20H19FN4O. The summed E-state index contributed by atoms with van der Waals surface area (Å²) in [7, 11) is 0. The Balaban J connectivity index is 1.53. The van der Waals surface area contributed by atoms with Gasteiger partial charge in [0.15, 0.2) is 0 Å². The maximum absolute atomic E-state index is 13.6. The number of amides is 1. The molecule has 2 heterocycles. The number of anilines is 1. The number of carbonyl (C=O) groups excluding carboxylic acids is 1. The van der Waals surface area contributed by atoms with Gasteiger partial charge >= 0.3 is 0 Å². The fraction of sp³-hybridized carbons (Fsp3) is 0.150. The predicted molar refractivity (Wildman–Crippen MR) is 98.2 cm³/mol. The zero-order chi connectivity index (χ0) is 18.2. The molecule has 0 aliphatic heterocycles. The van der Waals surface area contributed by atoms with Gasteiger partial charge in [0.1, 0.15) is 11.6 Å². The third-order valence-electron chi connectivity index (χ3n) is 3.84. The quantitative estimate of drug-likeness (QED) is 0.687. The second-order valence-electron chi connectivity index (χ2n) is 5.70. The first-order valence-electron chi connectivity index (χ1n) is 8.34. The summed E-state index contributed by atoms with van der Waals surface area (Å²) >= 11 is 0. The summed E-state index contributed by atoms with van der Waals surface area (Å²) in [5, 5.41) is 5.94. The lowest BCUT2D eigenvalue weighted by Gasteiger charge is -2.08. The van der Waals surface area contributed by atoms with Gasteiger partial charge in [-0.2, -0.15) is 0 Å². The molecule has 3 aromatic rings. The topological polar surface area (TPSA) is 66.9 Å². The van der Waals surface area contributed by atoms with Crippen LogP contribution >= 0.6 is 0 Å². The summed E-state index contributed by atoms with van der Waals surface area (Å²) in [5.74, 6) is 0.119. The maximum Gasteiger partial charge on any atom is 0.251 e. The van der Waals surface area contributed by atoms with Crippen LogP contribution in [-0.4, -0.2) is 22.4 Å². The number of carbonyl (C=O) groups is 1. The standard InChI is InChI=1S/C20H19FN4O/c21-18-7-2-1-5-15(18)8-12-24-20(26)16-9-11-23-19(13-16)25-14-17-6-3-4-10-22-17/h1-7,9-11,13H,8,12,14H2,(H,23,25)(H,24,26). The smallest absolute Gasteiger partial charge is 0.251 e. The van der Waals surface area contributed by atoms with Gasteiger partial charge < -0.3 is 10.6 Å². The van der Waals surface area contributed by atoms with Crippen LogP contribution in [0.25, 0.3) is 0 Å². The average Bonchev–Trinajstić information content (AvgIpc) is 2.69. The van der Waals surface area contributed by atoms with E-state index >= 15 is 0 Å². The summed E-state index contributed by atoms with van der Waals surface area (Å²) < 4.78 is 13.6. The van der Waals surface area contributed by atoms with Crippen molar-refractivity contribution < 1.29 is 9.18 Å². The minimum Gasteiger partial charge on any atom is -0.364 e. The molecule has 0 bridgehead atoms. The van der Waals surface area contributed by atoms with Crippen LogP contribution in [0.1, 0.15) is 21.6 Å². The van der Waals surface area contributed by atoms with Crippen molar-refractivity contribution in [3.05, 3.63) is 89.6 Å². The summed E-state index contributed by atoms with van der Waals surface area (Å²) in [4.78, 5) is 20.7. The van der Waals surface area contributed by atoms with E-state index in [-0.39, 0.29) is 11.7 Å². The average molecular weight is 350 g/mol. The number of rotatable bonds is 7. The lowest BCUT2D eigenvalue weighted by molar-refractivity contribution is 0.0954. The van der Waals surface area contributed by atoms with Crippen LogP contribution in [0.2, 0.25) is 0 Å². The molecule has 1 aromatic carbocycles. The Hall–Kier alpha value is -3.28. The third-order valence-corrected chi connectivity index (χ3v) is 3.84. The Labute approximate surface area is 151 Å². The van der Waals surface area contributed by atoms with Crippen molar-refractivity contribution in [1.29, 1.82) is 0 Å². The predicted octanol–water partition coefficient (Wildman–Crippen LogP) is 3.20.